The Labute approximate surface area is 125 Å². The fourth-order valence-corrected chi connectivity index (χ4v) is 2.26. The lowest BCUT2D eigenvalue weighted by molar-refractivity contribution is -0.384. The molecule has 0 amide bonds. The topological polar surface area (TPSA) is 55.2 Å². The van der Waals surface area contributed by atoms with Crippen molar-refractivity contribution in [3.8, 4) is 0 Å². The molecule has 4 heteroatoms. The Morgan fingerprint density at radius 1 is 1.14 bits per heavy atom. The van der Waals surface area contributed by atoms with Crippen molar-refractivity contribution in [2.24, 2.45) is 0 Å². The molecule has 1 N–H and O–H groups in total. The van der Waals surface area contributed by atoms with Gasteiger partial charge in [-0.05, 0) is 30.0 Å². The summed E-state index contributed by atoms with van der Waals surface area (Å²) in [5.74, 6) is 0.505. The van der Waals surface area contributed by atoms with E-state index >= 15 is 0 Å². The van der Waals surface area contributed by atoms with Gasteiger partial charge < -0.3 is 5.32 Å². The third-order valence-corrected chi connectivity index (χ3v) is 3.55. The summed E-state index contributed by atoms with van der Waals surface area (Å²) < 4.78 is 0. The number of anilines is 1. The lowest BCUT2D eigenvalue weighted by Gasteiger charge is -2.10. The van der Waals surface area contributed by atoms with Crippen molar-refractivity contribution in [2.75, 3.05) is 5.32 Å². The van der Waals surface area contributed by atoms with Gasteiger partial charge >= 0.3 is 0 Å². The highest BCUT2D eigenvalue weighted by molar-refractivity contribution is 5.65. The first-order chi connectivity index (χ1) is 9.99. The number of nitrogens with one attached hydrogen (secondary N) is 1. The SMILES string of the molecule is Cc1cccc(NCc2ccc(C(C)C)cc2)c1[N+](=O)[O-]. The summed E-state index contributed by atoms with van der Waals surface area (Å²) in [4.78, 5) is 10.8. The largest absolute Gasteiger partial charge is 0.375 e. The highest BCUT2D eigenvalue weighted by atomic mass is 16.6. The molecular weight excluding hydrogens is 264 g/mol. The molecular formula is C17H20N2O2. The minimum Gasteiger partial charge on any atom is -0.375 e. The third-order valence-electron chi connectivity index (χ3n) is 3.55. The molecule has 0 bridgehead atoms. The van der Waals surface area contributed by atoms with Crippen molar-refractivity contribution < 1.29 is 4.92 Å². The molecule has 4 nitrogen and oxygen atoms in total. The normalized spacial score (nSPS) is 10.7. The Morgan fingerprint density at radius 3 is 2.38 bits per heavy atom. The van der Waals surface area contributed by atoms with Crippen molar-refractivity contribution in [1.82, 2.24) is 0 Å². The number of nitro groups is 1. The van der Waals surface area contributed by atoms with E-state index in [1.54, 1.807) is 19.1 Å². The van der Waals surface area contributed by atoms with Crippen molar-refractivity contribution in [3.05, 3.63) is 69.3 Å². The van der Waals surface area contributed by atoms with Crippen LogP contribution in [0.4, 0.5) is 11.4 Å². The van der Waals surface area contributed by atoms with Crippen LogP contribution in [0.25, 0.3) is 0 Å². The molecule has 21 heavy (non-hydrogen) atoms. The summed E-state index contributed by atoms with van der Waals surface area (Å²) in [6, 6.07) is 13.6. The van der Waals surface area contributed by atoms with Gasteiger partial charge in [0, 0.05) is 12.1 Å². The summed E-state index contributed by atoms with van der Waals surface area (Å²) in [7, 11) is 0. The highest BCUT2D eigenvalue weighted by Gasteiger charge is 2.16. The number of nitrogens with zero attached hydrogens (tertiary/aromatic N) is 1. The quantitative estimate of drug-likeness (QED) is 0.643. The molecule has 110 valence electrons. The van der Waals surface area contributed by atoms with E-state index in [-0.39, 0.29) is 10.6 Å². The Balaban J connectivity index is 2.13. The van der Waals surface area contributed by atoms with Crippen LogP contribution in [0.3, 0.4) is 0 Å². The van der Waals surface area contributed by atoms with Gasteiger partial charge in [0.15, 0.2) is 0 Å². The van der Waals surface area contributed by atoms with Crippen LogP contribution in [0, 0.1) is 17.0 Å². The summed E-state index contributed by atoms with van der Waals surface area (Å²) in [5, 5.41) is 14.3. The Morgan fingerprint density at radius 2 is 1.81 bits per heavy atom. The zero-order valence-electron chi connectivity index (χ0n) is 12.6. The smallest absolute Gasteiger partial charge is 0.295 e. The molecule has 2 aromatic carbocycles. The minimum atomic E-state index is -0.334. The summed E-state index contributed by atoms with van der Waals surface area (Å²) in [6.07, 6.45) is 0. The van der Waals surface area contributed by atoms with Crippen LogP contribution in [-0.4, -0.2) is 4.92 Å². The van der Waals surface area contributed by atoms with E-state index in [9.17, 15) is 10.1 Å². The number of hydrogen-bond acceptors (Lipinski definition) is 3. The van der Waals surface area contributed by atoms with Gasteiger partial charge in [-0.2, -0.15) is 0 Å². The molecule has 2 rings (SSSR count). The van der Waals surface area contributed by atoms with Crippen LogP contribution in [0.5, 0.6) is 0 Å². The number of aryl methyl sites for hydroxylation is 1. The van der Waals surface area contributed by atoms with Gasteiger partial charge in [-0.25, -0.2) is 0 Å². The second kappa shape index (κ2) is 6.39. The molecule has 0 aliphatic heterocycles. The number of rotatable bonds is 5. The minimum absolute atomic E-state index is 0.149. The van der Waals surface area contributed by atoms with Gasteiger partial charge in [-0.1, -0.05) is 50.2 Å². The summed E-state index contributed by atoms with van der Waals surface area (Å²) >= 11 is 0. The average Bonchev–Trinajstić information content (AvgIpc) is 2.45. The molecule has 0 radical (unpaired) electrons. The predicted molar refractivity (Wildman–Crippen MR) is 85.7 cm³/mol. The van der Waals surface area contributed by atoms with Crippen LogP contribution in [0.15, 0.2) is 42.5 Å². The van der Waals surface area contributed by atoms with E-state index in [4.69, 9.17) is 0 Å². The predicted octanol–water partition coefficient (Wildman–Crippen LogP) is 4.64. The number of benzene rings is 2. The number of nitro benzene ring substituents is 1. The number of para-hydroxylation sites is 1. The fraction of sp³-hybridized carbons (Fsp3) is 0.294. The first-order valence-corrected chi connectivity index (χ1v) is 7.05. The van der Waals surface area contributed by atoms with Gasteiger partial charge in [-0.15, -0.1) is 0 Å². The van der Waals surface area contributed by atoms with E-state index in [1.165, 1.54) is 5.56 Å². The molecule has 0 saturated carbocycles. The Kier molecular flexibility index (Phi) is 4.58. The first-order valence-electron chi connectivity index (χ1n) is 7.05. The van der Waals surface area contributed by atoms with Gasteiger partial charge in [0.1, 0.15) is 5.69 Å². The standard InChI is InChI=1S/C17H20N2O2/c1-12(2)15-9-7-14(8-10-15)11-18-16-6-4-5-13(3)17(16)19(20)21/h4-10,12,18H,11H2,1-3H3. The lowest BCUT2D eigenvalue weighted by Crippen LogP contribution is -2.04. The molecule has 0 atom stereocenters. The van der Waals surface area contributed by atoms with Gasteiger partial charge in [0.2, 0.25) is 0 Å². The van der Waals surface area contributed by atoms with E-state index in [1.807, 2.05) is 6.07 Å². The fourth-order valence-electron chi connectivity index (χ4n) is 2.26. The summed E-state index contributed by atoms with van der Waals surface area (Å²) in [5.41, 5.74) is 3.78. The lowest BCUT2D eigenvalue weighted by atomic mass is 10.0. The van der Waals surface area contributed by atoms with Gasteiger partial charge in [-0.3, -0.25) is 10.1 Å². The average molecular weight is 284 g/mol. The van der Waals surface area contributed by atoms with Gasteiger partial charge in [0.25, 0.3) is 5.69 Å². The van der Waals surface area contributed by atoms with Crippen LogP contribution >= 0.6 is 0 Å². The zero-order chi connectivity index (χ0) is 15.4. The third kappa shape index (κ3) is 3.60. The van der Waals surface area contributed by atoms with Crippen LogP contribution in [-0.2, 0) is 6.54 Å². The molecule has 0 heterocycles. The second-order valence-corrected chi connectivity index (χ2v) is 5.48. The van der Waals surface area contributed by atoms with E-state index in [2.05, 4.69) is 43.4 Å². The van der Waals surface area contributed by atoms with E-state index in [0.29, 0.717) is 23.7 Å². The molecule has 0 aliphatic rings. The summed E-state index contributed by atoms with van der Waals surface area (Å²) in [6.45, 7) is 6.64. The molecule has 0 spiro atoms. The second-order valence-electron chi connectivity index (χ2n) is 5.48. The van der Waals surface area contributed by atoms with Crippen molar-refractivity contribution in [3.63, 3.8) is 0 Å². The maximum atomic E-state index is 11.1. The maximum absolute atomic E-state index is 11.1. The highest BCUT2D eigenvalue weighted by Crippen LogP contribution is 2.28. The Bertz CT molecular complexity index is 634. The van der Waals surface area contributed by atoms with Crippen LogP contribution in [0.2, 0.25) is 0 Å². The molecule has 0 unspecified atom stereocenters. The zero-order valence-corrected chi connectivity index (χ0v) is 12.6. The first kappa shape index (κ1) is 15.0. The molecule has 0 aromatic heterocycles. The Hall–Kier alpha value is -2.36. The van der Waals surface area contributed by atoms with Crippen LogP contribution in [0.1, 0.15) is 36.5 Å². The van der Waals surface area contributed by atoms with Crippen LogP contribution < -0.4 is 5.32 Å². The molecule has 2 aromatic rings. The molecule has 0 aliphatic carbocycles. The van der Waals surface area contributed by atoms with Gasteiger partial charge in [0.05, 0.1) is 4.92 Å². The van der Waals surface area contributed by atoms with E-state index in [0.717, 1.165) is 5.56 Å². The monoisotopic (exact) mass is 284 g/mol. The van der Waals surface area contributed by atoms with E-state index < -0.39 is 0 Å². The van der Waals surface area contributed by atoms with Crippen molar-refractivity contribution >= 4 is 11.4 Å². The maximum Gasteiger partial charge on any atom is 0.295 e. The molecule has 0 saturated heterocycles. The van der Waals surface area contributed by atoms with Crippen molar-refractivity contribution in [2.45, 2.75) is 33.2 Å². The van der Waals surface area contributed by atoms with Crippen molar-refractivity contribution in [1.29, 1.82) is 0 Å². The number of hydrogen-bond donors (Lipinski definition) is 1. The molecule has 0 fully saturated rings.